The smallest absolute Gasteiger partial charge is 0.407 e. The number of imide groups is 1. The summed E-state index contributed by atoms with van der Waals surface area (Å²) in [6.07, 6.45) is 2.26. The van der Waals surface area contributed by atoms with Gasteiger partial charge < -0.3 is 41.9 Å². The number of nitrogens with zero attached hydrogens (tertiary/aromatic N) is 1. The Labute approximate surface area is 303 Å². The molecule has 1 saturated heterocycles. The molecular formula is C35H53N7O10. The summed E-state index contributed by atoms with van der Waals surface area (Å²) in [5, 5.41) is 13.9. The monoisotopic (exact) mass is 731 g/mol. The second-order valence-corrected chi connectivity index (χ2v) is 13.9. The average Bonchev–Trinajstić information content (AvgIpc) is 3.37. The number of hydroxylamine groups is 2. The number of benzene rings is 1. The molecule has 1 aliphatic rings. The number of anilines is 1. The topological polar surface area (TPSA) is 244 Å². The molecule has 1 aromatic rings. The number of carbonyl (C=O) groups excluding carboxylic acids is 8. The second-order valence-electron chi connectivity index (χ2n) is 13.9. The molecule has 0 aliphatic carbocycles. The van der Waals surface area contributed by atoms with Crippen molar-refractivity contribution in [2.45, 2.75) is 123 Å². The molecule has 2 atom stereocenters. The number of nitrogens with two attached hydrogens (primary N) is 1. The Bertz CT molecular complexity index is 1410. The predicted octanol–water partition coefficient (Wildman–Crippen LogP) is 2.67. The molecule has 7 N–H and O–H groups in total. The van der Waals surface area contributed by atoms with Gasteiger partial charge in [0.15, 0.2) is 0 Å². The van der Waals surface area contributed by atoms with E-state index >= 15 is 0 Å². The Hall–Kier alpha value is -5.22. The molecule has 0 spiro atoms. The summed E-state index contributed by atoms with van der Waals surface area (Å²) in [6, 6.07) is 3.96. The van der Waals surface area contributed by atoms with Crippen LogP contribution in [0.4, 0.5) is 15.3 Å². The third-order valence-corrected chi connectivity index (χ3v) is 7.67. The van der Waals surface area contributed by atoms with Crippen molar-refractivity contribution in [1.82, 2.24) is 26.3 Å². The summed E-state index contributed by atoms with van der Waals surface area (Å²) >= 11 is 0. The Morgan fingerprint density at radius 1 is 0.846 bits per heavy atom. The van der Waals surface area contributed by atoms with Crippen molar-refractivity contribution < 1.29 is 47.9 Å². The lowest BCUT2D eigenvalue weighted by Crippen LogP contribution is -2.54. The van der Waals surface area contributed by atoms with Crippen LogP contribution in [0.1, 0.15) is 104 Å². The molecule has 17 nitrogen and oxygen atoms in total. The van der Waals surface area contributed by atoms with Gasteiger partial charge in [-0.3, -0.25) is 24.0 Å². The van der Waals surface area contributed by atoms with Crippen LogP contribution in [0.3, 0.4) is 0 Å². The normalized spacial score (nSPS) is 13.9. The first-order valence-corrected chi connectivity index (χ1v) is 17.5. The van der Waals surface area contributed by atoms with Crippen molar-refractivity contribution in [3.05, 3.63) is 29.8 Å². The van der Waals surface area contributed by atoms with E-state index in [1.54, 1.807) is 38.1 Å². The van der Waals surface area contributed by atoms with Gasteiger partial charge in [-0.15, -0.1) is 5.06 Å². The van der Waals surface area contributed by atoms with E-state index in [1.807, 2.05) is 20.8 Å². The number of alkyl carbamates (subject to hydrolysis) is 1. The molecule has 52 heavy (non-hydrogen) atoms. The summed E-state index contributed by atoms with van der Waals surface area (Å²) in [5.74, 6) is -3.49. The molecule has 0 aromatic heterocycles. The first-order chi connectivity index (χ1) is 24.4. The minimum Gasteiger partial charge on any atom is -0.445 e. The van der Waals surface area contributed by atoms with Gasteiger partial charge in [0.25, 0.3) is 11.8 Å². The number of carbonyl (C=O) groups is 8. The maximum absolute atomic E-state index is 13.4. The molecule has 0 bridgehead atoms. The first kappa shape index (κ1) is 42.9. The highest BCUT2D eigenvalue weighted by Crippen LogP contribution is 2.15. The lowest BCUT2D eigenvalue weighted by atomic mass is 10.0. The lowest BCUT2D eigenvalue weighted by molar-refractivity contribution is -0.197. The van der Waals surface area contributed by atoms with Crippen molar-refractivity contribution in [3.63, 3.8) is 0 Å². The van der Waals surface area contributed by atoms with Crippen LogP contribution >= 0.6 is 0 Å². The summed E-state index contributed by atoms with van der Waals surface area (Å²) in [6.45, 7) is 9.22. The van der Waals surface area contributed by atoms with Gasteiger partial charge in [-0.2, -0.15) is 0 Å². The number of urea groups is 1. The zero-order chi connectivity index (χ0) is 38.8. The number of rotatable bonds is 20. The van der Waals surface area contributed by atoms with Gasteiger partial charge in [0.2, 0.25) is 17.7 Å². The van der Waals surface area contributed by atoms with Gasteiger partial charge in [-0.25, -0.2) is 14.4 Å². The first-order valence-electron chi connectivity index (χ1n) is 17.5. The molecule has 17 heteroatoms. The largest absolute Gasteiger partial charge is 0.445 e. The molecule has 1 aromatic carbocycles. The summed E-state index contributed by atoms with van der Waals surface area (Å²) in [7, 11) is 0. The fourth-order valence-electron chi connectivity index (χ4n) is 4.95. The van der Waals surface area contributed by atoms with Crippen LogP contribution in [0.25, 0.3) is 0 Å². The third kappa shape index (κ3) is 16.7. The summed E-state index contributed by atoms with van der Waals surface area (Å²) in [4.78, 5) is 103. The molecule has 1 heterocycles. The van der Waals surface area contributed by atoms with E-state index < -0.39 is 59.3 Å². The van der Waals surface area contributed by atoms with Crippen LogP contribution in [0.15, 0.2) is 24.3 Å². The van der Waals surface area contributed by atoms with Gasteiger partial charge in [0.05, 0.1) is 0 Å². The van der Waals surface area contributed by atoms with Crippen LogP contribution in [0, 0.1) is 5.92 Å². The standard InChI is InChI=1S/C35H53N7O10/c1-22(2)30(40-26(43)12-8-6-7-9-13-29(46)52-42-27(44)18-19-28(42)45)32(48)39-25(11-10-20-37-33(36)49)31(47)38-24-16-14-23(15-17-24)21-51-34(50)41-35(3,4)5/h14-17,22,25,30H,6-13,18-21H2,1-5H3,(H,38,47)(H,39,48)(H,40,43)(H,41,50)(H3,36,37,49)/t25-,30?/m0/s1. The van der Waals surface area contributed by atoms with Crippen molar-refractivity contribution >= 4 is 53.3 Å². The van der Waals surface area contributed by atoms with Crippen LogP contribution < -0.4 is 32.3 Å². The number of hydrogen-bond donors (Lipinski definition) is 6. The van der Waals surface area contributed by atoms with E-state index in [1.165, 1.54) is 0 Å². The van der Waals surface area contributed by atoms with Crippen molar-refractivity contribution in [2.75, 3.05) is 11.9 Å². The zero-order valence-electron chi connectivity index (χ0n) is 30.6. The maximum Gasteiger partial charge on any atom is 0.407 e. The number of primary amides is 1. The minimum atomic E-state index is -1.02. The van der Waals surface area contributed by atoms with E-state index in [0.29, 0.717) is 48.4 Å². The number of amides is 8. The van der Waals surface area contributed by atoms with Gasteiger partial charge in [0.1, 0.15) is 18.7 Å². The molecule has 1 fully saturated rings. The van der Waals surface area contributed by atoms with Gasteiger partial charge in [-0.1, -0.05) is 38.8 Å². The molecule has 0 radical (unpaired) electrons. The Morgan fingerprint density at radius 3 is 2.04 bits per heavy atom. The Morgan fingerprint density at radius 2 is 1.46 bits per heavy atom. The van der Waals surface area contributed by atoms with E-state index in [-0.39, 0.29) is 57.1 Å². The Balaban J connectivity index is 1.88. The van der Waals surface area contributed by atoms with Crippen LogP contribution in [-0.4, -0.2) is 76.9 Å². The van der Waals surface area contributed by atoms with Crippen LogP contribution in [0.2, 0.25) is 0 Å². The summed E-state index contributed by atoms with van der Waals surface area (Å²) in [5.41, 5.74) is 5.82. The number of hydrogen-bond acceptors (Lipinski definition) is 10. The molecule has 1 unspecified atom stereocenters. The second kappa shape index (κ2) is 21.2. The minimum absolute atomic E-state index is 0.0182. The fourth-order valence-corrected chi connectivity index (χ4v) is 4.95. The highest BCUT2D eigenvalue weighted by Gasteiger charge is 2.33. The number of nitrogens with one attached hydrogen (secondary N) is 5. The molecule has 0 saturated carbocycles. The number of unbranched alkanes of at least 4 members (excludes halogenated alkanes) is 3. The highest BCUT2D eigenvalue weighted by atomic mass is 16.7. The average molecular weight is 732 g/mol. The van der Waals surface area contributed by atoms with Gasteiger partial charge in [0, 0.05) is 43.5 Å². The van der Waals surface area contributed by atoms with E-state index in [9.17, 15) is 38.4 Å². The van der Waals surface area contributed by atoms with Gasteiger partial charge >= 0.3 is 18.1 Å². The quantitative estimate of drug-likeness (QED) is 0.0846. The lowest BCUT2D eigenvalue weighted by Gasteiger charge is -2.25. The summed E-state index contributed by atoms with van der Waals surface area (Å²) < 4.78 is 5.23. The molecule has 288 valence electrons. The predicted molar refractivity (Wildman–Crippen MR) is 189 cm³/mol. The molecule has 2 rings (SSSR count). The van der Waals surface area contributed by atoms with E-state index in [4.69, 9.17) is 15.3 Å². The maximum atomic E-state index is 13.4. The molecule has 8 amide bonds. The van der Waals surface area contributed by atoms with Crippen molar-refractivity contribution in [1.29, 1.82) is 0 Å². The SMILES string of the molecule is CC(C)C(NC(=O)CCCCCCC(=O)ON1C(=O)CCC1=O)C(=O)N[C@@H](CCCNC(N)=O)C(=O)Nc1ccc(COC(=O)NC(C)(C)C)cc1. The zero-order valence-corrected chi connectivity index (χ0v) is 30.6. The highest BCUT2D eigenvalue weighted by molar-refractivity contribution is 6.01. The van der Waals surface area contributed by atoms with Crippen LogP contribution in [0.5, 0.6) is 0 Å². The molecule has 1 aliphatic heterocycles. The van der Waals surface area contributed by atoms with Crippen molar-refractivity contribution in [2.24, 2.45) is 11.7 Å². The van der Waals surface area contributed by atoms with Crippen LogP contribution in [-0.2, 0) is 44.9 Å². The third-order valence-electron chi connectivity index (χ3n) is 7.67. The van der Waals surface area contributed by atoms with Crippen molar-refractivity contribution in [3.8, 4) is 0 Å². The Kier molecular flexibility index (Phi) is 17.5. The van der Waals surface area contributed by atoms with E-state index in [0.717, 1.165) is 0 Å². The number of ether oxygens (including phenoxy) is 1. The molecular weight excluding hydrogens is 678 g/mol. The van der Waals surface area contributed by atoms with E-state index in [2.05, 4.69) is 26.6 Å². The van der Waals surface area contributed by atoms with Gasteiger partial charge in [-0.05, 0) is 70.1 Å². The fraction of sp³-hybridized carbons (Fsp3) is 0.600.